The van der Waals surface area contributed by atoms with E-state index in [1.54, 1.807) is 0 Å². The average Bonchev–Trinajstić information content (AvgIpc) is 2.12. The lowest BCUT2D eigenvalue weighted by Crippen LogP contribution is -2.52. The third-order valence-corrected chi connectivity index (χ3v) is 6.32. The van der Waals surface area contributed by atoms with E-state index in [2.05, 4.69) is 4.79 Å². The second-order valence-corrected chi connectivity index (χ2v) is 10.8. The highest BCUT2D eigenvalue weighted by atomic mass is 32.2. The van der Waals surface area contributed by atoms with Crippen LogP contribution in [0.4, 0.5) is 0 Å². The molecule has 19 heavy (non-hydrogen) atoms. The van der Waals surface area contributed by atoms with Crippen LogP contribution in [0.1, 0.15) is 41.5 Å². The molecule has 0 amide bonds. The summed E-state index contributed by atoms with van der Waals surface area (Å²) >= 11 is 0. The molecule has 0 aliphatic rings. The van der Waals surface area contributed by atoms with Crippen LogP contribution in [0.25, 0.3) is 5.53 Å². The van der Waals surface area contributed by atoms with E-state index >= 15 is 0 Å². The van der Waals surface area contributed by atoms with Crippen LogP contribution in [0.3, 0.4) is 0 Å². The van der Waals surface area contributed by atoms with Crippen molar-refractivity contribution in [3.05, 3.63) is 5.53 Å². The molecule has 0 saturated heterocycles. The number of guanidine groups is 1. The summed E-state index contributed by atoms with van der Waals surface area (Å²) in [7, 11) is -7.79. The van der Waals surface area contributed by atoms with Gasteiger partial charge in [0.2, 0.25) is 0 Å². The lowest BCUT2D eigenvalue weighted by molar-refractivity contribution is -0.0119. The predicted molar refractivity (Wildman–Crippen MR) is 72.2 cm³/mol. The summed E-state index contributed by atoms with van der Waals surface area (Å²) in [4.78, 5) is 2.62. The molecule has 10 heteroatoms. The molecule has 0 fully saturated rings. The Kier molecular flexibility index (Phi) is 4.80. The quantitative estimate of drug-likeness (QED) is 0.322. The fourth-order valence-corrected chi connectivity index (χ4v) is 1.99. The molecule has 0 aliphatic carbocycles. The van der Waals surface area contributed by atoms with Crippen LogP contribution in [0, 0.1) is 0 Å². The third kappa shape index (κ3) is 4.48. The van der Waals surface area contributed by atoms with E-state index in [9.17, 15) is 16.8 Å². The number of nitrogens with zero attached hydrogens (tertiary/aromatic N) is 2. The SMILES string of the molecule is CC(C)(C)S(=O)(=O)NC(=[N+]=[N-])NS(=O)(=O)C(C)(C)C. The van der Waals surface area contributed by atoms with Crippen LogP contribution in [0.15, 0.2) is 0 Å². The van der Waals surface area contributed by atoms with Crippen molar-refractivity contribution >= 4 is 26.0 Å². The zero-order valence-corrected chi connectivity index (χ0v) is 13.5. The average molecular weight is 312 g/mol. The van der Waals surface area contributed by atoms with Crippen LogP contribution in [-0.4, -0.2) is 37.1 Å². The zero-order valence-electron chi connectivity index (χ0n) is 11.8. The molecule has 0 spiro atoms. The number of rotatable bonds is 2. The molecule has 112 valence electrons. The van der Waals surface area contributed by atoms with E-state index in [1.165, 1.54) is 41.5 Å². The lowest BCUT2D eigenvalue weighted by Gasteiger charge is -2.19. The van der Waals surface area contributed by atoms with Gasteiger partial charge in [-0.2, -0.15) is 26.3 Å². The molecule has 0 aliphatic heterocycles. The molecule has 2 N–H and O–H groups in total. The summed E-state index contributed by atoms with van der Waals surface area (Å²) in [5.41, 5.74) is 8.72. The van der Waals surface area contributed by atoms with Crippen LogP contribution in [0.2, 0.25) is 0 Å². The highest BCUT2D eigenvalue weighted by Crippen LogP contribution is 2.14. The van der Waals surface area contributed by atoms with Crippen LogP contribution < -0.4 is 9.44 Å². The molecular formula is C9H20N4O4S2. The number of sulfonamides is 2. The molecule has 0 aromatic rings. The van der Waals surface area contributed by atoms with E-state index in [0.29, 0.717) is 0 Å². The van der Waals surface area contributed by atoms with Gasteiger partial charge in [-0.25, -0.2) is 0 Å². The number of nitrogens with one attached hydrogen (secondary N) is 2. The smallest absolute Gasteiger partial charge is 0.453 e. The number of hydrogen-bond donors (Lipinski definition) is 2. The van der Waals surface area contributed by atoms with Crippen molar-refractivity contribution in [3.8, 4) is 0 Å². The molecule has 0 atom stereocenters. The molecule has 0 rings (SSSR count). The Morgan fingerprint density at radius 1 is 0.842 bits per heavy atom. The molecule has 0 aromatic heterocycles. The first-order valence-electron chi connectivity index (χ1n) is 5.41. The van der Waals surface area contributed by atoms with Gasteiger partial charge >= 0.3 is 5.96 Å². The van der Waals surface area contributed by atoms with Crippen molar-refractivity contribution < 1.29 is 21.6 Å². The van der Waals surface area contributed by atoms with E-state index in [0.717, 1.165) is 0 Å². The maximum Gasteiger partial charge on any atom is 0.453 e. The van der Waals surface area contributed by atoms with Crippen LogP contribution >= 0.6 is 0 Å². The highest BCUT2D eigenvalue weighted by molar-refractivity contribution is 7.92. The molecule has 0 bridgehead atoms. The summed E-state index contributed by atoms with van der Waals surface area (Å²) in [6, 6.07) is 0. The van der Waals surface area contributed by atoms with Crippen molar-refractivity contribution in [1.29, 1.82) is 0 Å². The van der Waals surface area contributed by atoms with Crippen molar-refractivity contribution in [1.82, 2.24) is 9.44 Å². The molecule has 0 aromatic carbocycles. The van der Waals surface area contributed by atoms with E-state index in [4.69, 9.17) is 5.53 Å². The van der Waals surface area contributed by atoms with Gasteiger partial charge in [0.1, 0.15) is 0 Å². The van der Waals surface area contributed by atoms with Crippen molar-refractivity contribution in [2.24, 2.45) is 0 Å². The summed E-state index contributed by atoms with van der Waals surface area (Å²) in [6.45, 7) is 8.52. The van der Waals surface area contributed by atoms with Gasteiger partial charge < -0.3 is 10.3 Å². The molecule has 0 saturated carbocycles. The van der Waals surface area contributed by atoms with Gasteiger partial charge in [-0.3, -0.25) is 0 Å². The molecule has 0 heterocycles. The van der Waals surface area contributed by atoms with E-state index in [-0.39, 0.29) is 0 Å². The Bertz CT molecular complexity index is 539. The third-order valence-electron chi connectivity index (χ3n) is 2.17. The molecular weight excluding hydrogens is 292 g/mol. The van der Waals surface area contributed by atoms with Gasteiger partial charge in [0.15, 0.2) is 0 Å². The van der Waals surface area contributed by atoms with Crippen molar-refractivity contribution in [2.45, 2.75) is 51.0 Å². The first kappa shape index (κ1) is 17.9. The molecule has 0 unspecified atom stereocenters. The Labute approximate surface area is 114 Å². The Hall–Kier alpha value is -1.12. The zero-order chi connectivity index (χ0) is 15.7. The standard InChI is InChI=1S/C9H20N4O4S2/c1-8(2,3)18(14,15)12-7(11-10)13-19(16,17)9(4,5)6/h12-13H,1-6H3. The Morgan fingerprint density at radius 2 is 1.11 bits per heavy atom. The summed E-state index contributed by atoms with van der Waals surface area (Å²) < 4.78 is 48.7. The Balaban J connectivity index is 5.32. The normalized spacial score (nSPS) is 13.6. The second-order valence-electron chi connectivity index (χ2n) is 5.88. The van der Waals surface area contributed by atoms with Gasteiger partial charge in [0, 0.05) is 0 Å². The van der Waals surface area contributed by atoms with Gasteiger partial charge in [0.25, 0.3) is 20.0 Å². The monoisotopic (exact) mass is 312 g/mol. The van der Waals surface area contributed by atoms with Crippen LogP contribution in [-0.2, 0) is 20.0 Å². The largest absolute Gasteiger partial charge is 0.542 e. The maximum atomic E-state index is 11.8. The van der Waals surface area contributed by atoms with Gasteiger partial charge in [-0.1, -0.05) is 0 Å². The minimum absolute atomic E-state index is 0.759. The molecule has 8 nitrogen and oxygen atoms in total. The Morgan fingerprint density at radius 3 is 1.26 bits per heavy atom. The van der Waals surface area contributed by atoms with Gasteiger partial charge in [0.05, 0.1) is 9.49 Å². The topological polar surface area (TPSA) is 129 Å². The first-order chi connectivity index (χ1) is 8.14. The molecule has 0 radical (unpaired) electrons. The second kappa shape index (κ2) is 5.10. The lowest BCUT2D eigenvalue weighted by atomic mass is 10.3. The minimum Gasteiger partial charge on any atom is -0.542 e. The van der Waals surface area contributed by atoms with E-state index in [1.807, 2.05) is 9.44 Å². The van der Waals surface area contributed by atoms with Crippen molar-refractivity contribution in [3.63, 3.8) is 0 Å². The van der Waals surface area contributed by atoms with Gasteiger partial charge in [-0.05, 0) is 41.5 Å². The summed E-state index contributed by atoms with van der Waals surface area (Å²) in [6.07, 6.45) is 0. The maximum absolute atomic E-state index is 11.8. The summed E-state index contributed by atoms with van der Waals surface area (Å²) in [5.74, 6) is -0.759. The summed E-state index contributed by atoms with van der Waals surface area (Å²) in [5, 5.41) is 0. The van der Waals surface area contributed by atoms with Crippen LogP contribution in [0.5, 0.6) is 0 Å². The fourth-order valence-electron chi connectivity index (χ4n) is 0.622. The van der Waals surface area contributed by atoms with E-state index < -0.39 is 35.5 Å². The first-order valence-corrected chi connectivity index (χ1v) is 8.37. The fraction of sp³-hybridized carbons (Fsp3) is 0.889. The highest BCUT2D eigenvalue weighted by Gasteiger charge is 2.38. The van der Waals surface area contributed by atoms with Gasteiger partial charge in [-0.15, -0.1) is 0 Å². The number of hydrogen-bond acceptors (Lipinski definition) is 4. The minimum atomic E-state index is -3.89. The van der Waals surface area contributed by atoms with Crippen molar-refractivity contribution in [2.75, 3.05) is 0 Å². The predicted octanol–water partition coefficient (Wildman–Crippen LogP) is 0.00800.